The highest BCUT2D eigenvalue weighted by Crippen LogP contribution is 2.27. The summed E-state index contributed by atoms with van der Waals surface area (Å²) in [4.78, 5) is 0. The summed E-state index contributed by atoms with van der Waals surface area (Å²) in [5, 5.41) is 0. The fraction of sp³-hybridized carbons (Fsp3) is 0.867. The van der Waals surface area contributed by atoms with E-state index in [9.17, 15) is 0 Å². The predicted molar refractivity (Wildman–Crippen MR) is 70.7 cm³/mol. The Labute approximate surface area is 101 Å². The van der Waals surface area contributed by atoms with Crippen LogP contribution in [0.25, 0.3) is 0 Å². The molecule has 0 radical (unpaired) electrons. The summed E-state index contributed by atoms with van der Waals surface area (Å²) in [5.74, 6) is 1.01. The summed E-state index contributed by atoms with van der Waals surface area (Å²) in [7, 11) is 0. The maximum atomic E-state index is 5.64. The van der Waals surface area contributed by atoms with Crippen molar-refractivity contribution in [2.45, 2.75) is 64.7 Å². The quantitative estimate of drug-likeness (QED) is 0.428. The van der Waals surface area contributed by atoms with E-state index in [0.29, 0.717) is 0 Å². The monoisotopic (exact) mass is 224 g/mol. The second-order valence-corrected chi connectivity index (χ2v) is 4.97. The van der Waals surface area contributed by atoms with Crippen LogP contribution in [-0.2, 0) is 4.74 Å². The number of unbranched alkanes of at least 4 members (excludes halogenated alkanes) is 1. The highest BCUT2D eigenvalue weighted by atomic mass is 16.5. The molecule has 1 heteroatoms. The molecule has 0 heterocycles. The minimum Gasteiger partial charge on any atom is -0.381 e. The third-order valence-electron chi connectivity index (χ3n) is 3.52. The lowest BCUT2D eigenvalue weighted by atomic mass is 9.86. The maximum Gasteiger partial charge on any atom is 0.0468 e. The van der Waals surface area contributed by atoms with Gasteiger partial charge in [-0.05, 0) is 38.5 Å². The molecule has 1 aliphatic rings. The van der Waals surface area contributed by atoms with E-state index in [1.807, 2.05) is 0 Å². The molecule has 1 saturated carbocycles. The zero-order valence-corrected chi connectivity index (χ0v) is 10.9. The summed E-state index contributed by atoms with van der Waals surface area (Å²) in [6.45, 7) is 3.99. The van der Waals surface area contributed by atoms with E-state index in [0.717, 1.165) is 19.1 Å². The van der Waals surface area contributed by atoms with Gasteiger partial charge >= 0.3 is 0 Å². The maximum absolute atomic E-state index is 5.64. The second-order valence-electron chi connectivity index (χ2n) is 4.97. The largest absolute Gasteiger partial charge is 0.381 e. The second kappa shape index (κ2) is 9.89. The fourth-order valence-electron chi connectivity index (χ4n) is 2.52. The molecule has 1 aliphatic carbocycles. The van der Waals surface area contributed by atoms with Crippen LogP contribution in [0.4, 0.5) is 0 Å². The summed E-state index contributed by atoms with van der Waals surface area (Å²) in [6.07, 6.45) is 16.7. The van der Waals surface area contributed by atoms with Crippen LogP contribution < -0.4 is 0 Å². The highest BCUT2D eigenvalue weighted by molar-refractivity contribution is 4.76. The van der Waals surface area contributed by atoms with Crippen LogP contribution in [0.1, 0.15) is 64.7 Å². The van der Waals surface area contributed by atoms with E-state index < -0.39 is 0 Å². The Morgan fingerprint density at radius 1 is 1.06 bits per heavy atom. The summed E-state index contributed by atoms with van der Waals surface area (Å²) < 4.78 is 5.64. The minimum absolute atomic E-state index is 0.939. The molecule has 94 valence electrons. The Morgan fingerprint density at radius 2 is 1.81 bits per heavy atom. The summed E-state index contributed by atoms with van der Waals surface area (Å²) in [6, 6.07) is 0. The van der Waals surface area contributed by atoms with Gasteiger partial charge in [0.15, 0.2) is 0 Å². The zero-order valence-electron chi connectivity index (χ0n) is 10.9. The molecule has 0 saturated heterocycles. The molecular formula is C15H28O. The minimum atomic E-state index is 0.939. The number of ether oxygens (including phenoxy) is 1. The average Bonchev–Trinajstić information content (AvgIpc) is 2.34. The van der Waals surface area contributed by atoms with Crippen molar-refractivity contribution in [1.82, 2.24) is 0 Å². The molecule has 0 aromatic rings. The third-order valence-corrected chi connectivity index (χ3v) is 3.52. The van der Waals surface area contributed by atoms with Gasteiger partial charge < -0.3 is 4.74 Å². The molecule has 1 nitrogen and oxygen atoms in total. The Kier molecular flexibility index (Phi) is 8.51. The smallest absolute Gasteiger partial charge is 0.0468 e. The first-order chi connectivity index (χ1) is 7.93. The Morgan fingerprint density at radius 3 is 2.56 bits per heavy atom. The first-order valence-corrected chi connectivity index (χ1v) is 7.12. The van der Waals surface area contributed by atoms with Crippen molar-refractivity contribution in [3.05, 3.63) is 12.2 Å². The lowest BCUT2D eigenvalue weighted by Gasteiger charge is -2.21. The van der Waals surface area contributed by atoms with Crippen molar-refractivity contribution in [3.63, 3.8) is 0 Å². The summed E-state index contributed by atoms with van der Waals surface area (Å²) in [5.41, 5.74) is 0. The van der Waals surface area contributed by atoms with Crippen molar-refractivity contribution < 1.29 is 4.74 Å². The molecule has 1 rings (SSSR count). The van der Waals surface area contributed by atoms with Gasteiger partial charge in [-0.3, -0.25) is 0 Å². The van der Waals surface area contributed by atoms with Crippen LogP contribution in [0.5, 0.6) is 0 Å². The van der Waals surface area contributed by atoms with Crippen LogP contribution in [-0.4, -0.2) is 13.2 Å². The Bertz CT molecular complexity index is 168. The highest BCUT2D eigenvalue weighted by Gasteiger charge is 2.12. The van der Waals surface area contributed by atoms with Crippen LogP contribution in [0.15, 0.2) is 12.2 Å². The number of rotatable bonds is 8. The van der Waals surface area contributed by atoms with Crippen molar-refractivity contribution in [1.29, 1.82) is 0 Å². The molecular weight excluding hydrogens is 196 g/mol. The van der Waals surface area contributed by atoms with Crippen molar-refractivity contribution in [2.24, 2.45) is 5.92 Å². The van der Waals surface area contributed by atoms with Crippen LogP contribution in [0, 0.1) is 5.92 Å². The lowest BCUT2D eigenvalue weighted by Crippen LogP contribution is -2.07. The number of allylic oxidation sites excluding steroid dienone is 2. The molecule has 0 aromatic heterocycles. The van der Waals surface area contributed by atoms with Crippen LogP contribution in [0.3, 0.4) is 0 Å². The van der Waals surface area contributed by atoms with E-state index in [1.165, 1.54) is 57.8 Å². The molecule has 0 atom stereocenters. The standard InChI is InChI=1S/C15H28O/c1-2-3-4-8-13-16-14-9-12-15-10-6-5-7-11-15/h2-3,15H,4-14H2,1H3. The molecule has 0 aliphatic heterocycles. The van der Waals surface area contributed by atoms with Crippen LogP contribution >= 0.6 is 0 Å². The number of hydrogen-bond donors (Lipinski definition) is 0. The van der Waals surface area contributed by atoms with Gasteiger partial charge in [0.2, 0.25) is 0 Å². The first-order valence-electron chi connectivity index (χ1n) is 7.12. The molecule has 0 unspecified atom stereocenters. The van der Waals surface area contributed by atoms with E-state index in [1.54, 1.807) is 0 Å². The molecule has 0 N–H and O–H groups in total. The van der Waals surface area contributed by atoms with Crippen molar-refractivity contribution in [3.8, 4) is 0 Å². The van der Waals surface area contributed by atoms with E-state index >= 15 is 0 Å². The predicted octanol–water partition coefficient (Wildman–Crippen LogP) is 4.72. The SMILES string of the molecule is CC=CCCCOCCCC1CCCCC1. The molecule has 0 amide bonds. The van der Waals surface area contributed by atoms with Gasteiger partial charge in [-0.1, -0.05) is 44.3 Å². The van der Waals surface area contributed by atoms with E-state index in [-0.39, 0.29) is 0 Å². The fourth-order valence-corrected chi connectivity index (χ4v) is 2.52. The lowest BCUT2D eigenvalue weighted by molar-refractivity contribution is 0.123. The van der Waals surface area contributed by atoms with Gasteiger partial charge in [0.1, 0.15) is 0 Å². The molecule has 16 heavy (non-hydrogen) atoms. The van der Waals surface area contributed by atoms with Gasteiger partial charge in [0.05, 0.1) is 0 Å². The Balaban J connectivity index is 1.80. The molecule has 0 bridgehead atoms. The first kappa shape index (κ1) is 13.8. The normalized spacial score (nSPS) is 18.3. The Hall–Kier alpha value is -0.300. The zero-order chi connectivity index (χ0) is 11.5. The topological polar surface area (TPSA) is 9.23 Å². The molecule has 0 spiro atoms. The van der Waals surface area contributed by atoms with Gasteiger partial charge in [-0.2, -0.15) is 0 Å². The van der Waals surface area contributed by atoms with E-state index in [4.69, 9.17) is 4.74 Å². The summed E-state index contributed by atoms with van der Waals surface area (Å²) >= 11 is 0. The molecule has 1 fully saturated rings. The van der Waals surface area contributed by atoms with Gasteiger partial charge in [-0.15, -0.1) is 0 Å². The third kappa shape index (κ3) is 7.05. The van der Waals surface area contributed by atoms with Crippen LogP contribution in [0.2, 0.25) is 0 Å². The van der Waals surface area contributed by atoms with Crippen molar-refractivity contribution in [2.75, 3.05) is 13.2 Å². The van der Waals surface area contributed by atoms with E-state index in [2.05, 4.69) is 19.1 Å². The number of hydrogen-bond acceptors (Lipinski definition) is 1. The van der Waals surface area contributed by atoms with Gasteiger partial charge in [-0.25, -0.2) is 0 Å². The average molecular weight is 224 g/mol. The molecule has 0 aromatic carbocycles. The van der Waals surface area contributed by atoms with Gasteiger partial charge in [0.25, 0.3) is 0 Å². The van der Waals surface area contributed by atoms with Gasteiger partial charge in [0, 0.05) is 13.2 Å². The van der Waals surface area contributed by atoms with Crippen molar-refractivity contribution >= 4 is 0 Å².